The van der Waals surface area contributed by atoms with Crippen molar-refractivity contribution in [1.82, 2.24) is 15.2 Å². The van der Waals surface area contributed by atoms with Crippen LogP contribution in [0.1, 0.15) is 33.0 Å². The Balaban J connectivity index is 1.44. The minimum atomic E-state index is -0.735. The number of anilines is 3. The number of carbonyl (C=O) groups is 1. The van der Waals surface area contributed by atoms with Gasteiger partial charge < -0.3 is 26.0 Å². The maximum Gasteiger partial charge on any atom is 0.251 e. The number of rotatable bonds is 8. The molecule has 2 atom stereocenters. The molecular weight excluding hydrogens is 436 g/mol. The minimum absolute atomic E-state index is 0.104. The Morgan fingerprint density at radius 2 is 1.91 bits per heavy atom. The molecule has 1 saturated heterocycles. The first-order valence-corrected chi connectivity index (χ1v) is 10.8. The van der Waals surface area contributed by atoms with Crippen LogP contribution in [-0.4, -0.2) is 43.0 Å². The lowest BCUT2D eigenvalue weighted by Gasteiger charge is -2.11. The van der Waals surface area contributed by atoms with E-state index in [2.05, 4.69) is 15.6 Å². The van der Waals surface area contributed by atoms with Crippen LogP contribution in [0.4, 0.5) is 25.4 Å². The van der Waals surface area contributed by atoms with Gasteiger partial charge in [-0.25, -0.2) is 13.8 Å². The van der Waals surface area contributed by atoms with Crippen LogP contribution in [0.3, 0.4) is 0 Å². The summed E-state index contributed by atoms with van der Waals surface area (Å²) in [6.07, 6.45) is -1.29. The van der Waals surface area contributed by atoms with E-state index in [0.29, 0.717) is 27.8 Å². The third-order valence-corrected chi connectivity index (χ3v) is 5.98. The number of carbonyl (C=O) groups excluding carboxylic acids is 1. The second-order valence-electron chi connectivity index (χ2n) is 7.65. The highest BCUT2D eigenvalue weighted by atomic mass is 32.1. The Kier molecular flexibility index (Phi) is 6.35. The van der Waals surface area contributed by atoms with Gasteiger partial charge in [0, 0.05) is 24.3 Å². The molecule has 2 unspecified atom stereocenters. The van der Waals surface area contributed by atoms with Crippen LogP contribution in [0, 0.1) is 11.6 Å². The van der Waals surface area contributed by atoms with Gasteiger partial charge in [0.2, 0.25) is 0 Å². The number of epoxide rings is 1. The summed E-state index contributed by atoms with van der Waals surface area (Å²) in [6, 6.07) is 10.7. The van der Waals surface area contributed by atoms with Crippen molar-refractivity contribution in [2.24, 2.45) is 0 Å². The van der Waals surface area contributed by atoms with E-state index in [-0.39, 0.29) is 17.3 Å². The van der Waals surface area contributed by atoms with Crippen molar-refractivity contribution in [3.63, 3.8) is 0 Å². The summed E-state index contributed by atoms with van der Waals surface area (Å²) in [4.78, 5) is 19.2. The van der Waals surface area contributed by atoms with Gasteiger partial charge in [0.1, 0.15) is 29.7 Å². The van der Waals surface area contributed by atoms with Crippen molar-refractivity contribution in [2.45, 2.75) is 12.2 Å². The highest BCUT2D eigenvalue weighted by molar-refractivity contribution is 7.16. The average molecular weight is 460 g/mol. The predicted molar refractivity (Wildman–Crippen MR) is 120 cm³/mol. The second-order valence-corrected chi connectivity index (χ2v) is 8.68. The molecule has 0 bridgehead atoms. The first-order chi connectivity index (χ1) is 15.3. The summed E-state index contributed by atoms with van der Waals surface area (Å²) in [5, 5.41) is 6.49. The summed E-state index contributed by atoms with van der Waals surface area (Å²) >= 11 is 1.24. The topological polar surface area (TPSA) is 95.8 Å². The molecule has 0 radical (unpaired) electrons. The van der Waals surface area contributed by atoms with Crippen molar-refractivity contribution in [3.05, 3.63) is 70.1 Å². The molecule has 1 amide bonds. The monoisotopic (exact) mass is 459 g/mol. The van der Waals surface area contributed by atoms with Crippen LogP contribution in [0.5, 0.6) is 0 Å². The van der Waals surface area contributed by atoms with Crippen molar-refractivity contribution in [3.8, 4) is 0 Å². The van der Waals surface area contributed by atoms with Gasteiger partial charge in [0.25, 0.3) is 5.91 Å². The fourth-order valence-corrected chi connectivity index (χ4v) is 4.24. The molecule has 1 aliphatic heterocycles. The number of benzene rings is 2. The van der Waals surface area contributed by atoms with Gasteiger partial charge >= 0.3 is 0 Å². The molecule has 10 heteroatoms. The predicted octanol–water partition coefficient (Wildman–Crippen LogP) is 3.85. The molecular formula is C22H23F2N5O2S. The molecule has 2 heterocycles. The summed E-state index contributed by atoms with van der Waals surface area (Å²) in [7, 11) is 3.87. The van der Waals surface area contributed by atoms with E-state index in [0.717, 1.165) is 6.54 Å². The van der Waals surface area contributed by atoms with Crippen molar-refractivity contribution >= 4 is 33.9 Å². The Labute approximate surface area is 188 Å². The molecule has 2 aromatic carbocycles. The molecule has 1 fully saturated rings. The largest absolute Gasteiger partial charge is 0.383 e. The fraction of sp³-hybridized carbons (Fsp3) is 0.273. The summed E-state index contributed by atoms with van der Waals surface area (Å²) in [6.45, 7) is 1.28. The van der Waals surface area contributed by atoms with Gasteiger partial charge in [0.05, 0.1) is 10.4 Å². The molecule has 1 aromatic heterocycles. The fourth-order valence-electron chi connectivity index (χ4n) is 3.27. The van der Waals surface area contributed by atoms with E-state index in [9.17, 15) is 13.6 Å². The molecule has 0 spiro atoms. The Morgan fingerprint density at radius 3 is 2.62 bits per heavy atom. The maximum atomic E-state index is 14.0. The summed E-state index contributed by atoms with van der Waals surface area (Å²) in [5.41, 5.74) is 7.11. The normalized spacial score (nSPS) is 17.4. The number of hydrogen-bond donors (Lipinski definition) is 3. The molecule has 32 heavy (non-hydrogen) atoms. The molecule has 7 nitrogen and oxygen atoms in total. The number of aromatic nitrogens is 1. The van der Waals surface area contributed by atoms with Crippen molar-refractivity contribution < 1.29 is 18.3 Å². The van der Waals surface area contributed by atoms with E-state index >= 15 is 0 Å². The highest BCUT2D eigenvalue weighted by Gasteiger charge is 2.47. The molecule has 0 saturated carbocycles. The van der Waals surface area contributed by atoms with Gasteiger partial charge in [0.15, 0.2) is 5.13 Å². The maximum absolute atomic E-state index is 14.0. The highest BCUT2D eigenvalue weighted by Crippen LogP contribution is 2.55. The van der Waals surface area contributed by atoms with Crippen LogP contribution < -0.4 is 16.4 Å². The minimum Gasteiger partial charge on any atom is -0.383 e. The standard InChI is InChI=1S/C22H23F2N5O2S/c1-29(2)10-9-26-21(30)12-5-3-6-13(11-12)27-22-28-20(25)19(32-22)18-17(31-18)16-14(23)7-4-8-15(16)24/h3-8,11,17-18H,9-10,25H2,1-2H3,(H,26,30)(H,27,28). The lowest BCUT2D eigenvalue weighted by atomic mass is 10.1. The third kappa shape index (κ3) is 4.87. The lowest BCUT2D eigenvalue weighted by molar-refractivity contribution is 0.0951. The number of amides is 1. The smallest absolute Gasteiger partial charge is 0.251 e. The first kappa shape index (κ1) is 22.1. The first-order valence-electron chi connectivity index (χ1n) is 9.99. The Bertz CT molecular complexity index is 1120. The lowest BCUT2D eigenvalue weighted by Crippen LogP contribution is -2.31. The third-order valence-electron chi connectivity index (χ3n) is 4.94. The van der Waals surface area contributed by atoms with Gasteiger partial charge in [-0.2, -0.15) is 0 Å². The van der Waals surface area contributed by atoms with E-state index in [1.165, 1.54) is 29.5 Å². The van der Waals surface area contributed by atoms with Gasteiger partial charge in [-0.3, -0.25) is 4.79 Å². The second kappa shape index (κ2) is 9.19. The Morgan fingerprint density at radius 1 is 1.19 bits per heavy atom. The number of thiazole rings is 1. The number of nitrogens with two attached hydrogens (primary N) is 1. The zero-order valence-electron chi connectivity index (χ0n) is 17.6. The van der Waals surface area contributed by atoms with E-state index < -0.39 is 23.8 Å². The van der Waals surface area contributed by atoms with E-state index in [1.807, 2.05) is 19.0 Å². The van der Waals surface area contributed by atoms with Crippen LogP contribution in [0.2, 0.25) is 0 Å². The van der Waals surface area contributed by atoms with E-state index in [1.54, 1.807) is 24.3 Å². The SMILES string of the molecule is CN(C)CCNC(=O)c1cccc(Nc2nc(N)c(C3OC3c3c(F)cccc3F)s2)c1. The van der Waals surface area contributed by atoms with Crippen LogP contribution >= 0.6 is 11.3 Å². The van der Waals surface area contributed by atoms with Gasteiger partial charge in [-0.1, -0.05) is 23.5 Å². The number of hydrogen-bond acceptors (Lipinski definition) is 7. The van der Waals surface area contributed by atoms with Crippen molar-refractivity contribution in [1.29, 1.82) is 0 Å². The number of nitrogens with zero attached hydrogens (tertiary/aromatic N) is 2. The van der Waals surface area contributed by atoms with Crippen LogP contribution in [0.15, 0.2) is 42.5 Å². The molecule has 4 N–H and O–H groups in total. The van der Waals surface area contributed by atoms with Crippen molar-refractivity contribution in [2.75, 3.05) is 38.2 Å². The van der Waals surface area contributed by atoms with Crippen LogP contribution in [0.25, 0.3) is 0 Å². The molecule has 3 aromatic rings. The zero-order chi connectivity index (χ0) is 22.8. The molecule has 1 aliphatic rings. The number of nitrogens with one attached hydrogen (secondary N) is 2. The zero-order valence-corrected chi connectivity index (χ0v) is 18.4. The van der Waals surface area contributed by atoms with Gasteiger partial charge in [-0.15, -0.1) is 0 Å². The number of ether oxygens (including phenoxy) is 1. The number of likely N-dealkylation sites (N-methyl/N-ethyl adjacent to an activating group) is 1. The molecule has 4 rings (SSSR count). The Hall–Kier alpha value is -3.08. The summed E-state index contributed by atoms with van der Waals surface area (Å²) in [5.74, 6) is -1.24. The van der Waals surface area contributed by atoms with Gasteiger partial charge in [-0.05, 0) is 44.4 Å². The summed E-state index contributed by atoms with van der Waals surface area (Å²) < 4.78 is 33.6. The van der Waals surface area contributed by atoms with Crippen LogP contribution in [-0.2, 0) is 4.74 Å². The number of halogens is 2. The molecule has 168 valence electrons. The van der Waals surface area contributed by atoms with E-state index in [4.69, 9.17) is 10.5 Å². The number of nitrogen functional groups attached to an aromatic ring is 1. The average Bonchev–Trinajstić information content (AvgIpc) is 3.42. The quantitative estimate of drug-likeness (QED) is 0.443. The molecule has 0 aliphatic carbocycles.